The molecule has 0 bridgehead atoms. The maximum Gasteiger partial charge on any atom is 0.418 e. The van der Waals surface area contributed by atoms with Gasteiger partial charge in [-0.3, -0.25) is 0 Å². The van der Waals surface area contributed by atoms with Gasteiger partial charge in [0.2, 0.25) is 0 Å². The number of benzene rings is 5. The van der Waals surface area contributed by atoms with Gasteiger partial charge in [0.1, 0.15) is 17.9 Å². The van der Waals surface area contributed by atoms with E-state index in [1.54, 1.807) is 54.6 Å². The minimum absolute atomic E-state index is 0.178. The average molecular weight is 744 g/mol. The Labute approximate surface area is 294 Å². The summed E-state index contributed by atoms with van der Waals surface area (Å²) in [5.74, 6) is -0.799. The van der Waals surface area contributed by atoms with E-state index >= 15 is 0 Å². The summed E-state index contributed by atoms with van der Waals surface area (Å²) in [6.45, 7) is 0.188. The van der Waals surface area contributed by atoms with E-state index in [0.29, 0.717) is 39.9 Å². The summed E-state index contributed by atoms with van der Waals surface area (Å²) in [6.07, 6.45) is -4.19. The van der Waals surface area contributed by atoms with Crippen LogP contribution >= 0.6 is 15.9 Å². The van der Waals surface area contributed by atoms with Crippen LogP contribution in [0.15, 0.2) is 121 Å². The number of hydrogen-bond acceptors (Lipinski definition) is 6. The smallest absolute Gasteiger partial charge is 0.418 e. The van der Waals surface area contributed by atoms with Crippen molar-refractivity contribution in [2.45, 2.75) is 24.5 Å². The number of nitrogens with zero attached hydrogens (tertiary/aromatic N) is 2. The molecule has 0 aliphatic carbocycles. The second kappa shape index (κ2) is 16.2. The Morgan fingerprint density at radius 2 is 1.42 bits per heavy atom. The third-order valence-corrected chi connectivity index (χ3v) is 8.29. The Kier molecular flexibility index (Phi) is 11.6. The number of hydrogen-bond donors (Lipinski definition) is 1. The SMILES string of the molecule is COC(=O)c1ccc(CBr)cc1.O=C(O)c1ccc(COc2cccc(-c3c(Cc4ccccc4)nnc4c(C(F)(F)F)cccc34)c2)cc1. The molecule has 0 fully saturated rings. The van der Waals surface area contributed by atoms with Crippen LogP contribution in [0.5, 0.6) is 5.75 Å². The van der Waals surface area contributed by atoms with Crippen molar-refractivity contribution in [3.8, 4) is 16.9 Å². The number of ether oxygens (including phenoxy) is 2. The lowest BCUT2D eigenvalue weighted by Crippen LogP contribution is -2.09. The largest absolute Gasteiger partial charge is 0.489 e. The predicted molar refractivity (Wildman–Crippen MR) is 187 cm³/mol. The topological polar surface area (TPSA) is 98.6 Å². The number of aromatic carboxylic acids is 1. The van der Waals surface area contributed by atoms with Gasteiger partial charge in [0, 0.05) is 22.7 Å². The molecule has 0 atom stereocenters. The molecule has 5 aromatic carbocycles. The van der Waals surface area contributed by atoms with Crippen LogP contribution in [0.4, 0.5) is 13.2 Å². The lowest BCUT2D eigenvalue weighted by Gasteiger charge is -2.16. The third-order valence-electron chi connectivity index (χ3n) is 7.64. The molecule has 0 aliphatic heterocycles. The number of carboxylic acid groups (broad SMARTS) is 1. The van der Waals surface area contributed by atoms with Crippen LogP contribution < -0.4 is 4.74 Å². The molecule has 0 amide bonds. The van der Waals surface area contributed by atoms with Crippen molar-refractivity contribution < 1.29 is 37.3 Å². The van der Waals surface area contributed by atoms with E-state index in [2.05, 4.69) is 30.9 Å². The molecule has 6 rings (SSSR count). The Morgan fingerprint density at radius 3 is 2.06 bits per heavy atom. The Hall–Kier alpha value is -5.55. The molecule has 1 aromatic heterocycles. The van der Waals surface area contributed by atoms with E-state index in [-0.39, 0.29) is 23.7 Å². The quantitative estimate of drug-likeness (QED) is 0.116. The fourth-order valence-corrected chi connectivity index (χ4v) is 5.51. The van der Waals surface area contributed by atoms with E-state index in [0.717, 1.165) is 28.1 Å². The molecule has 1 heterocycles. The molecule has 0 unspecified atom stereocenters. The highest BCUT2D eigenvalue weighted by Crippen LogP contribution is 2.39. The molecular weight excluding hydrogens is 713 g/mol. The summed E-state index contributed by atoms with van der Waals surface area (Å²) < 4.78 is 51.8. The lowest BCUT2D eigenvalue weighted by atomic mass is 9.94. The molecule has 6 aromatic rings. The van der Waals surface area contributed by atoms with Gasteiger partial charge in [-0.25, -0.2) is 9.59 Å². The molecule has 1 N–H and O–H groups in total. The minimum atomic E-state index is -4.58. The van der Waals surface area contributed by atoms with E-state index in [4.69, 9.17) is 9.84 Å². The van der Waals surface area contributed by atoms with Gasteiger partial charge in [-0.1, -0.05) is 94.8 Å². The molecule has 254 valence electrons. The van der Waals surface area contributed by atoms with Gasteiger partial charge in [0.05, 0.1) is 29.5 Å². The van der Waals surface area contributed by atoms with Gasteiger partial charge in [-0.05, 0) is 64.7 Å². The highest BCUT2D eigenvalue weighted by molar-refractivity contribution is 9.08. The van der Waals surface area contributed by atoms with E-state index in [1.165, 1.54) is 25.3 Å². The zero-order chi connectivity index (χ0) is 35.7. The van der Waals surface area contributed by atoms with Gasteiger partial charge < -0.3 is 14.6 Å². The zero-order valence-corrected chi connectivity index (χ0v) is 28.2. The van der Waals surface area contributed by atoms with E-state index < -0.39 is 17.7 Å². The summed E-state index contributed by atoms with van der Waals surface area (Å²) >= 11 is 3.32. The van der Waals surface area contributed by atoms with E-state index in [1.807, 2.05) is 42.5 Å². The van der Waals surface area contributed by atoms with Gasteiger partial charge >= 0.3 is 18.1 Å². The predicted octanol–water partition coefficient (Wildman–Crippen LogP) is 9.55. The number of halogens is 4. The normalized spacial score (nSPS) is 11.0. The Morgan fingerprint density at radius 1 is 0.760 bits per heavy atom. The molecule has 0 spiro atoms. The van der Waals surface area contributed by atoms with Crippen LogP contribution in [0.2, 0.25) is 0 Å². The monoisotopic (exact) mass is 742 g/mol. The van der Waals surface area contributed by atoms with Gasteiger partial charge in [-0.15, -0.1) is 5.10 Å². The Balaban J connectivity index is 0.000000343. The van der Waals surface area contributed by atoms with Crippen molar-refractivity contribution in [2.24, 2.45) is 0 Å². The summed E-state index contributed by atoms with van der Waals surface area (Å²) in [7, 11) is 1.38. The van der Waals surface area contributed by atoms with Crippen molar-refractivity contribution in [1.29, 1.82) is 0 Å². The summed E-state index contributed by atoms with van der Waals surface area (Å²) in [4.78, 5) is 22.1. The maximum absolute atomic E-state index is 13.8. The summed E-state index contributed by atoms with van der Waals surface area (Å²) in [5.41, 5.74) is 4.33. The van der Waals surface area contributed by atoms with Crippen molar-refractivity contribution in [3.63, 3.8) is 0 Å². The van der Waals surface area contributed by atoms with Crippen molar-refractivity contribution >= 4 is 38.8 Å². The second-order valence-corrected chi connectivity index (χ2v) is 11.6. The average Bonchev–Trinajstić information content (AvgIpc) is 3.14. The first-order valence-electron chi connectivity index (χ1n) is 15.3. The highest BCUT2D eigenvalue weighted by atomic mass is 79.9. The van der Waals surface area contributed by atoms with Crippen LogP contribution in [0.3, 0.4) is 0 Å². The number of aromatic nitrogens is 2. The van der Waals surface area contributed by atoms with Crippen LogP contribution in [-0.2, 0) is 29.3 Å². The molecule has 0 saturated heterocycles. The second-order valence-electron chi connectivity index (χ2n) is 11.0. The first kappa shape index (κ1) is 35.7. The molecule has 7 nitrogen and oxygen atoms in total. The van der Waals surface area contributed by atoms with Crippen LogP contribution in [-0.4, -0.2) is 34.4 Å². The van der Waals surface area contributed by atoms with Crippen LogP contribution in [0.1, 0.15) is 48.7 Å². The fraction of sp³-hybridized carbons (Fsp3) is 0.128. The van der Waals surface area contributed by atoms with Crippen LogP contribution in [0, 0.1) is 0 Å². The number of rotatable bonds is 9. The number of carbonyl (C=O) groups excluding carboxylic acids is 1. The maximum atomic E-state index is 13.8. The molecule has 0 saturated carbocycles. The van der Waals surface area contributed by atoms with Crippen LogP contribution in [0.25, 0.3) is 22.0 Å². The molecular formula is C39H30BrF3N2O5. The first-order chi connectivity index (χ1) is 24.1. The molecule has 0 radical (unpaired) electrons. The summed E-state index contributed by atoms with van der Waals surface area (Å²) in [6, 6.07) is 34.3. The van der Waals surface area contributed by atoms with Crippen molar-refractivity contribution in [3.05, 3.63) is 160 Å². The number of carbonyl (C=O) groups is 2. The first-order valence-corrected chi connectivity index (χ1v) is 16.4. The highest BCUT2D eigenvalue weighted by Gasteiger charge is 2.34. The zero-order valence-electron chi connectivity index (χ0n) is 26.7. The number of carboxylic acids is 1. The van der Waals surface area contributed by atoms with Gasteiger partial charge in [-0.2, -0.15) is 18.3 Å². The van der Waals surface area contributed by atoms with Gasteiger partial charge in [0.15, 0.2) is 0 Å². The molecule has 0 aliphatic rings. The van der Waals surface area contributed by atoms with E-state index in [9.17, 15) is 22.8 Å². The summed E-state index contributed by atoms with van der Waals surface area (Å²) in [5, 5.41) is 18.5. The number of fused-ring (bicyclic) bond motifs is 1. The van der Waals surface area contributed by atoms with Crippen molar-refractivity contribution in [1.82, 2.24) is 10.2 Å². The minimum Gasteiger partial charge on any atom is -0.489 e. The van der Waals surface area contributed by atoms with Crippen molar-refractivity contribution in [2.75, 3.05) is 7.11 Å². The third kappa shape index (κ3) is 8.91. The number of alkyl halides is 4. The molecule has 50 heavy (non-hydrogen) atoms. The lowest BCUT2D eigenvalue weighted by molar-refractivity contribution is -0.136. The molecule has 11 heteroatoms. The number of esters is 1. The van der Waals surface area contributed by atoms with Gasteiger partial charge in [0.25, 0.3) is 0 Å². The fourth-order valence-electron chi connectivity index (χ4n) is 5.13. The standard InChI is InChI=1S/C30H21F3N2O3.C9H9BrO2/c31-30(32,33)25-11-5-10-24-27(26(34-35-28(24)25)16-19-6-2-1-3-7-19)22-8-4-9-23(17-22)38-18-20-12-14-21(15-13-20)29(36)37;1-12-9(11)8-4-2-7(6-10)3-5-8/h1-15,17H,16,18H2,(H,36,37);2-5H,6H2,1H3. The Bertz CT molecular complexity index is 2090. The number of methoxy groups -OCH3 is 1.